The number of pyridine rings is 1. The summed E-state index contributed by atoms with van der Waals surface area (Å²) in [5.41, 5.74) is 9.28. The third-order valence-corrected chi connectivity index (χ3v) is 4.40. The van der Waals surface area contributed by atoms with Crippen molar-refractivity contribution >= 4 is 33.1 Å². The second-order valence-corrected chi connectivity index (χ2v) is 5.60. The minimum Gasteiger partial charge on any atom is -0.397 e. The number of nitrogens with one attached hydrogen (secondary N) is 1. The summed E-state index contributed by atoms with van der Waals surface area (Å²) in [6.07, 6.45) is 1.09. The molecule has 2 aromatic rings. The maximum Gasteiger partial charge on any atom is 0.140 e. The van der Waals surface area contributed by atoms with Crippen LogP contribution in [0.5, 0.6) is 0 Å². The predicted octanol–water partition coefficient (Wildman–Crippen LogP) is 2.24. The van der Waals surface area contributed by atoms with Gasteiger partial charge in [-0.2, -0.15) is 0 Å². The number of rotatable bonds is 1. The first-order chi connectivity index (χ1) is 8.66. The number of hydrogen-bond acceptors (Lipinski definition) is 5. The minimum atomic E-state index is 0.804. The van der Waals surface area contributed by atoms with Crippen molar-refractivity contribution in [3.05, 3.63) is 22.2 Å². The lowest BCUT2D eigenvalue weighted by Gasteiger charge is -2.13. The van der Waals surface area contributed by atoms with Gasteiger partial charge in [0.05, 0.1) is 10.6 Å². The molecule has 0 bridgehead atoms. The Morgan fingerprint density at radius 3 is 2.94 bits per heavy atom. The van der Waals surface area contributed by atoms with Crippen molar-refractivity contribution in [1.29, 1.82) is 0 Å². The number of hydrogen-bond donors (Lipinski definition) is 2. The summed E-state index contributed by atoms with van der Waals surface area (Å²) in [6.45, 7) is 5.94. The fourth-order valence-corrected chi connectivity index (χ4v) is 3.20. The van der Waals surface area contributed by atoms with Gasteiger partial charge < -0.3 is 11.1 Å². The molecule has 18 heavy (non-hydrogen) atoms. The first kappa shape index (κ1) is 11.5. The van der Waals surface area contributed by atoms with Crippen molar-refractivity contribution in [3.63, 3.8) is 0 Å². The van der Waals surface area contributed by atoms with Gasteiger partial charge in [0.1, 0.15) is 10.7 Å². The van der Waals surface area contributed by atoms with Gasteiger partial charge >= 0.3 is 0 Å². The lowest BCUT2D eigenvalue weighted by molar-refractivity contribution is 0.744. The maximum atomic E-state index is 6.24. The monoisotopic (exact) mass is 260 g/mol. The first-order valence-electron chi connectivity index (χ1n) is 6.11. The van der Waals surface area contributed by atoms with E-state index in [1.165, 1.54) is 5.56 Å². The van der Waals surface area contributed by atoms with E-state index in [9.17, 15) is 0 Å². The van der Waals surface area contributed by atoms with Gasteiger partial charge in [-0.25, -0.2) is 4.98 Å². The van der Waals surface area contributed by atoms with Crippen molar-refractivity contribution in [2.24, 2.45) is 4.99 Å². The Kier molecular flexibility index (Phi) is 2.70. The second-order valence-electron chi connectivity index (χ2n) is 4.60. The summed E-state index contributed by atoms with van der Waals surface area (Å²) in [5, 5.41) is 4.37. The smallest absolute Gasteiger partial charge is 0.140 e. The number of thiophene rings is 1. The Morgan fingerprint density at radius 2 is 2.22 bits per heavy atom. The van der Waals surface area contributed by atoms with E-state index in [1.807, 2.05) is 6.92 Å². The zero-order chi connectivity index (χ0) is 12.7. The fourth-order valence-electron chi connectivity index (χ4n) is 2.09. The molecule has 3 N–H and O–H groups in total. The molecule has 0 unspecified atom stereocenters. The van der Waals surface area contributed by atoms with E-state index in [0.29, 0.717) is 0 Å². The molecule has 4 nitrogen and oxygen atoms in total. The Balaban J connectivity index is 2.19. The molecule has 0 saturated heterocycles. The largest absolute Gasteiger partial charge is 0.397 e. The molecule has 0 fully saturated rings. The van der Waals surface area contributed by atoms with Crippen LogP contribution < -0.4 is 11.1 Å². The summed E-state index contributed by atoms with van der Waals surface area (Å²) < 4.78 is 0. The van der Waals surface area contributed by atoms with Crippen LogP contribution in [0.15, 0.2) is 11.1 Å². The highest BCUT2D eigenvalue weighted by molar-refractivity contribution is 7.21. The molecule has 1 aliphatic heterocycles. The summed E-state index contributed by atoms with van der Waals surface area (Å²) in [7, 11) is 0. The molecule has 0 spiro atoms. The summed E-state index contributed by atoms with van der Waals surface area (Å²) in [6, 6.07) is 2.12. The van der Waals surface area contributed by atoms with E-state index in [-0.39, 0.29) is 0 Å². The molecule has 94 valence electrons. The molecular weight excluding hydrogens is 244 g/mol. The molecule has 3 heterocycles. The standard InChI is InChI=1S/C13H16N4S/c1-7-6-9-10(14)11(12-15-4-3-5-16-12)18-13(9)17-8(7)2/h6H,3-5,14H2,1-2H3,(H,15,16). The van der Waals surface area contributed by atoms with Gasteiger partial charge in [0.15, 0.2) is 0 Å². The van der Waals surface area contributed by atoms with E-state index < -0.39 is 0 Å². The van der Waals surface area contributed by atoms with Crippen LogP contribution in [0.2, 0.25) is 0 Å². The van der Waals surface area contributed by atoms with Gasteiger partial charge in [-0.05, 0) is 31.9 Å². The lowest BCUT2D eigenvalue weighted by atomic mass is 10.1. The molecule has 0 aromatic carbocycles. The number of aliphatic imine (C=N–C) groups is 1. The summed E-state index contributed by atoms with van der Waals surface area (Å²) in [4.78, 5) is 11.1. The number of nitrogens with two attached hydrogens (primary N) is 1. The van der Waals surface area contributed by atoms with Crippen LogP contribution >= 0.6 is 11.3 Å². The Hall–Kier alpha value is -1.62. The molecular formula is C13H16N4S. The van der Waals surface area contributed by atoms with E-state index >= 15 is 0 Å². The van der Waals surface area contributed by atoms with Gasteiger partial charge in [0.25, 0.3) is 0 Å². The molecule has 0 radical (unpaired) electrons. The molecule has 0 saturated carbocycles. The highest BCUT2D eigenvalue weighted by Crippen LogP contribution is 2.33. The maximum absolute atomic E-state index is 6.24. The number of nitrogens with zero attached hydrogens (tertiary/aromatic N) is 2. The normalized spacial score (nSPS) is 15.6. The summed E-state index contributed by atoms with van der Waals surface area (Å²) in [5.74, 6) is 0.928. The minimum absolute atomic E-state index is 0.804. The molecule has 0 aliphatic carbocycles. The quantitative estimate of drug-likeness (QED) is 0.826. The van der Waals surface area contributed by atoms with Crippen LogP contribution in [0.3, 0.4) is 0 Å². The van der Waals surface area contributed by atoms with E-state index in [4.69, 9.17) is 5.73 Å². The van der Waals surface area contributed by atoms with Crippen LogP contribution in [0.4, 0.5) is 5.69 Å². The lowest BCUT2D eigenvalue weighted by Crippen LogP contribution is -2.29. The molecule has 0 atom stereocenters. The van der Waals surface area contributed by atoms with Crippen molar-refractivity contribution in [2.75, 3.05) is 18.8 Å². The number of nitrogen functional groups attached to an aromatic ring is 1. The van der Waals surface area contributed by atoms with E-state index in [2.05, 4.69) is 28.3 Å². The van der Waals surface area contributed by atoms with Crippen LogP contribution in [0, 0.1) is 13.8 Å². The highest BCUT2D eigenvalue weighted by atomic mass is 32.1. The molecule has 5 heteroatoms. The third kappa shape index (κ3) is 1.75. The van der Waals surface area contributed by atoms with Gasteiger partial charge in [-0.3, -0.25) is 4.99 Å². The average molecular weight is 260 g/mol. The third-order valence-electron chi connectivity index (χ3n) is 3.28. The van der Waals surface area contributed by atoms with Crippen molar-refractivity contribution < 1.29 is 0 Å². The van der Waals surface area contributed by atoms with Crippen molar-refractivity contribution in [2.45, 2.75) is 20.3 Å². The molecule has 0 amide bonds. The van der Waals surface area contributed by atoms with Crippen LogP contribution in [0.1, 0.15) is 22.6 Å². The number of anilines is 1. The number of amidine groups is 1. The van der Waals surface area contributed by atoms with E-state index in [0.717, 1.165) is 51.8 Å². The predicted molar refractivity (Wildman–Crippen MR) is 77.5 cm³/mol. The number of aromatic nitrogens is 1. The average Bonchev–Trinajstić information content (AvgIpc) is 2.69. The van der Waals surface area contributed by atoms with Gasteiger partial charge in [0, 0.05) is 24.2 Å². The van der Waals surface area contributed by atoms with Gasteiger partial charge in [0.2, 0.25) is 0 Å². The van der Waals surface area contributed by atoms with Gasteiger partial charge in [-0.1, -0.05) is 0 Å². The van der Waals surface area contributed by atoms with Gasteiger partial charge in [-0.15, -0.1) is 11.3 Å². The SMILES string of the molecule is Cc1cc2c(N)c(C3=NCCCN3)sc2nc1C. The van der Waals surface area contributed by atoms with Crippen molar-refractivity contribution in [1.82, 2.24) is 10.3 Å². The summed E-state index contributed by atoms with van der Waals surface area (Å²) >= 11 is 1.62. The Morgan fingerprint density at radius 1 is 1.39 bits per heavy atom. The second kappa shape index (κ2) is 4.24. The van der Waals surface area contributed by atoms with E-state index in [1.54, 1.807) is 11.3 Å². The number of fused-ring (bicyclic) bond motifs is 1. The number of aryl methyl sites for hydroxylation is 2. The molecule has 3 rings (SSSR count). The van der Waals surface area contributed by atoms with Crippen LogP contribution in [-0.2, 0) is 0 Å². The zero-order valence-electron chi connectivity index (χ0n) is 10.6. The molecule has 1 aliphatic rings. The zero-order valence-corrected chi connectivity index (χ0v) is 11.4. The van der Waals surface area contributed by atoms with Crippen molar-refractivity contribution in [3.8, 4) is 0 Å². The molecule has 2 aromatic heterocycles. The van der Waals surface area contributed by atoms with Crippen LogP contribution in [0.25, 0.3) is 10.2 Å². The Labute approximate surface area is 110 Å². The highest BCUT2D eigenvalue weighted by Gasteiger charge is 2.17. The first-order valence-corrected chi connectivity index (χ1v) is 6.93. The Bertz CT molecular complexity index is 642. The fraction of sp³-hybridized carbons (Fsp3) is 0.385. The topological polar surface area (TPSA) is 63.3 Å². The van der Waals surface area contributed by atoms with Crippen LogP contribution in [-0.4, -0.2) is 23.9 Å².